The summed E-state index contributed by atoms with van der Waals surface area (Å²) in [6.45, 7) is 1.38. The van der Waals surface area contributed by atoms with Gasteiger partial charge in [0.05, 0.1) is 6.10 Å². The Morgan fingerprint density at radius 2 is 2.00 bits per heavy atom. The predicted octanol–water partition coefficient (Wildman–Crippen LogP) is 3.27. The average molecular weight is 284 g/mol. The molecule has 0 heterocycles. The molecule has 1 aromatic carbocycles. The molecule has 1 aromatic rings. The van der Waals surface area contributed by atoms with E-state index < -0.39 is 0 Å². The van der Waals surface area contributed by atoms with Crippen LogP contribution in [0.4, 0.5) is 0 Å². The van der Waals surface area contributed by atoms with E-state index in [1.165, 1.54) is 24.8 Å². The van der Waals surface area contributed by atoms with Crippen molar-refractivity contribution in [3.8, 4) is 0 Å². The molecule has 0 aliphatic heterocycles. The van der Waals surface area contributed by atoms with Crippen LogP contribution in [0.2, 0.25) is 0 Å². The molecule has 1 aliphatic carbocycles. The van der Waals surface area contributed by atoms with Crippen LogP contribution in [0.15, 0.2) is 28.7 Å². The first kappa shape index (κ1) is 12.1. The molecule has 1 unspecified atom stereocenters. The average Bonchev–Trinajstić information content (AvgIpc) is 3.10. The minimum Gasteiger partial charge on any atom is -0.372 e. The number of rotatable bonds is 6. The van der Waals surface area contributed by atoms with Crippen LogP contribution in [0.1, 0.15) is 30.9 Å². The van der Waals surface area contributed by atoms with Crippen molar-refractivity contribution in [2.45, 2.75) is 25.4 Å². The van der Waals surface area contributed by atoms with Crippen molar-refractivity contribution in [3.05, 3.63) is 34.3 Å². The molecule has 0 bridgehead atoms. The Bertz CT molecular complexity index is 321. The number of hydrogen-bond donors (Lipinski definition) is 1. The number of hydrogen-bond acceptors (Lipinski definition) is 2. The highest BCUT2D eigenvalue weighted by Crippen LogP contribution is 2.32. The second kappa shape index (κ2) is 5.80. The molecule has 0 saturated heterocycles. The first-order chi connectivity index (χ1) is 7.79. The Labute approximate surface area is 105 Å². The summed E-state index contributed by atoms with van der Waals surface area (Å²) in [4.78, 5) is 0. The van der Waals surface area contributed by atoms with Gasteiger partial charge in [0, 0.05) is 17.6 Å². The maximum atomic E-state index is 5.83. The van der Waals surface area contributed by atoms with E-state index in [1.807, 2.05) is 12.1 Å². The molecular weight excluding hydrogens is 266 g/mol. The van der Waals surface area contributed by atoms with E-state index in [0.29, 0.717) is 6.54 Å². The van der Waals surface area contributed by atoms with Crippen LogP contribution in [0, 0.1) is 5.92 Å². The van der Waals surface area contributed by atoms with Crippen LogP contribution in [0.5, 0.6) is 0 Å². The number of nitrogens with two attached hydrogens (primary N) is 1. The zero-order valence-electron chi connectivity index (χ0n) is 9.36. The fourth-order valence-electron chi connectivity index (χ4n) is 1.76. The third-order valence-corrected chi connectivity index (χ3v) is 3.53. The SMILES string of the molecule is NCC(OCCC1CC1)c1ccc(Br)cc1. The lowest BCUT2D eigenvalue weighted by molar-refractivity contribution is 0.0545. The summed E-state index contributed by atoms with van der Waals surface area (Å²) < 4.78 is 6.92. The molecule has 2 nitrogen and oxygen atoms in total. The smallest absolute Gasteiger partial charge is 0.0947 e. The standard InChI is InChI=1S/C13H18BrNO/c14-12-5-3-11(4-6-12)13(9-15)16-8-7-10-1-2-10/h3-6,10,13H,1-2,7-9,15H2. The summed E-state index contributed by atoms with van der Waals surface area (Å²) in [5.74, 6) is 0.920. The molecule has 0 spiro atoms. The fourth-order valence-corrected chi connectivity index (χ4v) is 2.03. The molecule has 88 valence electrons. The van der Waals surface area contributed by atoms with Crippen LogP contribution in [0.3, 0.4) is 0 Å². The second-order valence-electron chi connectivity index (χ2n) is 4.38. The van der Waals surface area contributed by atoms with Crippen LogP contribution < -0.4 is 5.73 Å². The van der Waals surface area contributed by atoms with Gasteiger partial charge in [-0.25, -0.2) is 0 Å². The molecule has 0 amide bonds. The van der Waals surface area contributed by atoms with Crippen LogP contribution >= 0.6 is 15.9 Å². The summed E-state index contributed by atoms with van der Waals surface area (Å²) >= 11 is 3.42. The second-order valence-corrected chi connectivity index (χ2v) is 5.29. The molecule has 3 heteroatoms. The Kier molecular flexibility index (Phi) is 4.38. The van der Waals surface area contributed by atoms with Crippen LogP contribution in [-0.2, 0) is 4.74 Å². The van der Waals surface area contributed by atoms with Crippen molar-refractivity contribution in [3.63, 3.8) is 0 Å². The van der Waals surface area contributed by atoms with Crippen LogP contribution in [0.25, 0.3) is 0 Å². The van der Waals surface area contributed by atoms with Crippen LogP contribution in [-0.4, -0.2) is 13.2 Å². The van der Waals surface area contributed by atoms with Gasteiger partial charge in [0.15, 0.2) is 0 Å². The highest BCUT2D eigenvalue weighted by Gasteiger charge is 2.21. The Morgan fingerprint density at radius 3 is 2.56 bits per heavy atom. The summed E-state index contributed by atoms with van der Waals surface area (Å²) in [6, 6.07) is 8.20. The molecular formula is C13H18BrNO. The summed E-state index contributed by atoms with van der Waals surface area (Å²) in [7, 11) is 0. The van der Waals surface area contributed by atoms with E-state index in [1.54, 1.807) is 0 Å². The van der Waals surface area contributed by atoms with Gasteiger partial charge >= 0.3 is 0 Å². The van der Waals surface area contributed by atoms with E-state index >= 15 is 0 Å². The van der Waals surface area contributed by atoms with Gasteiger partial charge in [0.25, 0.3) is 0 Å². The van der Waals surface area contributed by atoms with E-state index in [0.717, 1.165) is 17.0 Å². The maximum Gasteiger partial charge on any atom is 0.0947 e. The van der Waals surface area contributed by atoms with Crippen molar-refractivity contribution >= 4 is 15.9 Å². The minimum atomic E-state index is 0.0480. The maximum absolute atomic E-state index is 5.83. The van der Waals surface area contributed by atoms with E-state index in [4.69, 9.17) is 10.5 Å². The number of benzene rings is 1. The Balaban J connectivity index is 1.84. The highest BCUT2D eigenvalue weighted by molar-refractivity contribution is 9.10. The molecule has 0 aromatic heterocycles. The first-order valence-corrected chi connectivity index (χ1v) is 6.66. The molecule has 1 saturated carbocycles. The Morgan fingerprint density at radius 1 is 1.31 bits per heavy atom. The third kappa shape index (κ3) is 3.58. The molecule has 2 N–H and O–H groups in total. The van der Waals surface area contributed by atoms with Gasteiger partial charge in [-0.2, -0.15) is 0 Å². The lowest BCUT2D eigenvalue weighted by Gasteiger charge is -2.16. The molecule has 1 aliphatic rings. The monoisotopic (exact) mass is 283 g/mol. The van der Waals surface area contributed by atoms with Crippen molar-refractivity contribution in [1.82, 2.24) is 0 Å². The summed E-state index contributed by atoms with van der Waals surface area (Å²) in [5, 5.41) is 0. The van der Waals surface area contributed by atoms with Crippen molar-refractivity contribution in [2.75, 3.05) is 13.2 Å². The molecule has 1 fully saturated rings. The quantitative estimate of drug-likeness (QED) is 0.870. The van der Waals surface area contributed by atoms with Gasteiger partial charge in [-0.15, -0.1) is 0 Å². The lowest BCUT2D eigenvalue weighted by atomic mass is 10.1. The van der Waals surface area contributed by atoms with Crippen molar-refractivity contribution < 1.29 is 4.74 Å². The summed E-state index contributed by atoms with van der Waals surface area (Å²) in [6.07, 6.45) is 4.00. The predicted molar refractivity (Wildman–Crippen MR) is 69.2 cm³/mol. The summed E-state index contributed by atoms with van der Waals surface area (Å²) in [5.41, 5.74) is 6.91. The lowest BCUT2D eigenvalue weighted by Crippen LogP contribution is -2.16. The zero-order valence-corrected chi connectivity index (χ0v) is 10.9. The topological polar surface area (TPSA) is 35.2 Å². The molecule has 1 atom stereocenters. The largest absolute Gasteiger partial charge is 0.372 e. The van der Waals surface area contributed by atoms with E-state index in [-0.39, 0.29) is 6.10 Å². The van der Waals surface area contributed by atoms with E-state index in [2.05, 4.69) is 28.1 Å². The highest BCUT2D eigenvalue weighted by atomic mass is 79.9. The number of halogens is 1. The molecule has 16 heavy (non-hydrogen) atoms. The van der Waals surface area contributed by atoms with Crippen molar-refractivity contribution in [1.29, 1.82) is 0 Å². The van der Waals surface area contributed by atoms with Gasteiger partial charge in [0.2, 0.25) is 0 Å². The van der Waals surface area contributed by atoms with Gasteiger partial charge in [-0.1, -0.05) is 40.9 Å². The fraction of sp³-hybridized carbons (Fsp3) is 0.538. The molecule has 2 rings (SSSR count). The van der Waals surface area contributed by atoms with E-state index in [9.17, 15) is 0 Å². The third-order valence-electron chi connectivity index (χ3n) is 3.00. The Hall–Kier alpha value is -0.380. The minimum absolute atomic E-state index is 0.0480. The van der Waals surface area contributed by atoms with Gasteiger partial charge in [0.1, 0.15) is 0 Å². The zero-order chi connectivity index (χ0) is 11.4. The number of ether oxygens (including phenoxy) is 1. The first-order valence-electron chi connectivity index (χ1n) is 5.86. The van der Waals surface area contributed by atoms with Gasteiger partial charge < -0.3 is 10.5 Å². The van der Waals surface area contributed by atoms with Gasteiger partial charge in [-0.3, -0.25) is 0 Å². The normalized spacial score (nSPS) is 17.4. The molecule has 0 radical (unpaired) electrons. The van der Waals surface area contributed by atoms with Crippen molar-refractivity contribution in [2.24, 2.45) is 11.7 Å². The van der Waals surface area contributed by atoms with Gasteiger partial charge in [-0.05, 0) is 30.0 Å².